The molecule has 107 heavy (non-hydrogen) atoms. The van der Waals surface area contributed by atoms with Crippen LogP contribution in [0.25, 0.3) is 117 Å². The Hall–Kier alpha value is -10.4. The number of hydrogen-bond donors (Lipinski definition) is 0. The molecule has 0 aliphatic heterocycles. The second-order valence-electron chi connectivity index (χ2n) is 30.2. The smallest absolute Gasteiger partial charge is 0.188 e. The molecule has 17 rings (SSSR count). The Kier molecular flexibility index (Phi) is 19.4. The molecule has 0 aliphatic carbocycles. The molecule has 0 N–H and O–H groups in total. The van der Waals surface area contributed by atoms with Crippen molar-refractivity contribution >= 4 is 65.7 Å². The average molecular weight is 1760 g/mol. The van der Waals surface area contributed by atoms with Crippen molar-refractivity contribution in [1.29, 1.82) is 0 Å². The van der Waals surface area contributed by atoms with Gasteiger partial charge < -0.3 is 9.13 Å². The summed E-state index contributed by atoms with van der Waals surface area (Å²) in [5, 5.41) is 4.62. The third-order valence-electron chi connectivity index (χ3n) is 21.5. The Labute approximate surface area is 662 Å². The average Bonchev–Trinajstić information content (AvgIpc) is 1.58. The van der Waals surface area contributed by atoms with E-state index in [1.807, 2.05) is 53.4 Å². The van der Waals surface area contributed by atoms with E-state index in [2.05, 4.69) is 344 Å². The van der Waals surface area contributed by atoms with Gasteiger partial charge in [0.2, 0.25) is 0 Å². The standard InChI is InChI=1S/C51H45N4.C46H43N4.2Pt/c1-34(2)41-21-15-22-42(35(3)4)50(41)36-28-29-52-49(30-36)55-45-23-11-10-20-43(45)44-27-26-38(32-48(44)55)51(5,6)37-16-14-19-40(31-37)54-33-53(39-17-8-7-9-18-39)46-24-12-13-25-47(46)54;1-30(2)36-17-13-18-37(31(3)4)45(36)32-24-25-47-44(26-32)50-40-19-9-8-16-38(40)39-23-22-34(28-43(39)50)46(5,6)33-14-12-15-35(27-33)49-29-48(7)41-20-10-11-21-42(41)49;;/h7-30,33-35H,1-6H3;8-26,29-31H,1-7H3;;/q2*-1;;/i;7D3;;. The van der Waals surface area contributed by atoms with Crippen LogP contribution in [0.5, 0.6) is 0 Å². The van der Waals surface area contributed by atoms with Gasteiger partial charge in [0.1, 0.15) is 17.3 Å². The maximum atomic E-state index is 8.14. The van der Waals surface area contributed by atoms with Crippen molar-refractivity contribution in [3.8, 4) is 51.0 Å². The summed E-state index contributed by atoms with van der Waals surface area (Å²) < 4.78 is 36.7. The summed E-state index contributed by atoms with van der Waals surface area (Å²) in [4.78, 5) is 10.0. The Balaban J connectivity index is 0.000000180. The first-order chi connectivity index (χ1) is 52.0. The number of fused-ring (bicyclic) bond motifs is 8. The van der Waals surface area contributed by atoms with Crippen LogP contribution in [0, 0.1) is 24.3 Å². The largest absolute Gasteiger partial charge is 0.319 e. The SMILES string of the molecule is CC(C)c1cccc(C(C)C)c1-c1ccnc(-n2c3[c-]c(C(C)(C)c4[c-]c(-n5[cH+]n(-c6ccccc6)c6ccccc65)ccc4)ccc3c3ccccc32)c1.[2H]C([2H])([2H])n1[cH+]n(-c2[c-]c(C(C)(C)c3[c-]c4c(cc3)c3ccccc3n4-c3cc(-c4c(C(C)C)cccc4C(C)C)ccn3)ccc2)c2ccccc21.[Pt].[Pt]. The van der Waals surface area contributed by atoms with Crippen molar-refractivity contribution in [1.82, 2.24) is 37.4 Å². The van der Waals surface area contributed by atoms with E-state index >= 15 is 0 Å². The summed E-state index contributed by atoms with van der Waals surface area (Å²) in [7, 11) is 0. The fourth-order valence-electron chi connectivity index (χ4n) is 15.8. The van der Waals surface area contributed by atoms with Crippen LogP contribution in [-0.2, 0) is 59.9 Å². The molecule has 0 saturated heterocycles. The van der Waals surface area contributed by atoms with E-state index in [0.29, 0.717) is 29.2 Å². The molecule has 10 heteroatoms. The predicted molar refractivity (Wildman–Crippen MR) is 438 cm³/mol. The molecular weight excluding hydrogens is 1670 g/mol. The van der Waals surface area contributed by atoms with Crippen LogP contribution in [0.15, 0.2) is 274 Å². The molecule has 0 saturated carbocycles. The minimum Gasteiger partial charge on any atom is -0.319 e. The molecule has 8 nitrogen and oxygen atoms in total. The van der Waals surface area contributed by atoms with Gasteiger partial charge in [-0.1, -0.05) is 197 Å². The van der Waals surface area contributed by atoms with Crippen LogP contribution in [-0.4, -0.2) is 37.4 Å². The normalized spacial score (nSPS) is 12.5. The zero-order valence-corrected chi connectivity index (χ0v) is 67.0. The van der Waals surface area contributed by atoms with Crippen molar-refractivity contribution in [2.24, 2.45) is 6.98 Å². The van der Waals surface area contributed by atoms with E-state index in [1.165, 1.54) is 48.9 Å². The number of hydrogen-bond acceptors (Lipinski definition) is 2. The van der Waals surface area contributed by atoms with Gasteiger partial charge in [0, 0.05) is 112 Å². The molecule has 17 aromatic rings. The summed E-state index contributed by atoms with van der Waals surface area (Å²) in [6, 6.07) is 103. The van der Waals surface area contributed by atoms with Crippen molar-refractivity contribution < 1.29 is 46.2 Å². The van der Waals surface area contributed by atoms with E-state index in [4.69, 9.17) is 14.1 Å². The van der Waals surface area contributed by atoms with Gasteiger partial charge in [-0.05, 0) is 150 Å². The summed E-state index contributed by atoms with van der Waals surface area (Å²) in [5.41, 5.74) is 24.4. The van der Waals surface area contributed by atoms with Crippen molar-refractivity contribution in [3.63, 3.8) is 0 Å². The number of aromatic nitrogens is 8. The van der Waals surface area contributed by atoms with Gasteiger partial charge in [-0.3, -0.25) is 0 Å². The first-order valence-corrected chi connectivity index (χ1v) is 36.8. The quantitative estimate of drug-likeness (QED) is 0.0961. The van der Waals surface area contributed by atoms with Gasteiger partial charge in [-0.25, -0.2) is 23.7 Å². The molecule has 0 spiro atoms. The van der Waals surface area contributed by atoms with Crippen LogP contribution >= 0.6 is 0 Å². The molecule has 6 heterocycles. The van der Waals surface area contributed by atoms with Gasteiger partial charge in [-0.15, -0.1) is 46.2 Å². The number of imidazole rings is 2. The number of aryl methyl sites for hydroxylation is 1. The second-order valence-corrected chi connectivity index (χ2v) is 30.2. The van der Waals surface area contributed by atoms with Crippen LogP contribution in [0.1, 0.15) is 155 Å². The van der Waals surface area contributed by atoms with E-state index in [-0.39, 0.29) is 42.1 Å². The first kappa shape index (κ1) is 69.7. The maximum Gasteiger partial charge on any atom is 0.188 e. The number of rotatable bonds is 15. The van der Waals surface area contributed by atoms with Gasteiger partial charge in [0.05, 0.1) is 0 Å². The fraction of sp³-hybridized carbons (Fsp3) is 0.196. The zero-order valence-electron chi connectivity index (χ0n) is 65.5. The third-order valence-corrected chi connectivity index (χ3v) is 21.5. The number of pyridine rings is 2. The van der Waals surface area contributed by atoms with Gasteiger partial charge in [0.15, 0.2) is 34.7 Å². The molecule has 0 amide bonds. The topological polar surface area (TPSA) is 55.4 Å². The van der Waals surface area contributed by atoms with Crippen LogP contribution in [0.4, 0.5) is 0 Å². The van der Waals surface area contributed by atoms with Crippen LogP contribution < -0.4 is 0 Å². The Morgan fingerprint density at radius 1 is 0.346 bits per heavy atom. The van der Waals surface area contributed by atoms with E-state index in [9.17, 15) is 0 Å². The third kappa shape index (κ3) is 13.2. The van der Waals surface area contributed by atoms with Gasteiger partial charge in [0.25, 0.3) is 0 Å². The first-order valence-electron chi connectivity index (χ1n) is 38.3. The minimum absolute atomic E-state index is 0. The second kappa shape index (κ2) is 29.8. The van der Waals surface area contributed by atoms with Crippen molar-refractivity contribution in [3.05, 3.63) is 343 Å². The van der Waals surface area contributed by atoms with Gasteiger partial charge in [-0.2, -0.15) is 76.4 Å². The summed E-state index contributed by atoms with van der Waals surface area (Å²) in [6.45, 7) is 24.8. The van der Waals surface area contributed by atoms with Crippen molar-refractivity contribution in [2.45, 2.75) is 118 Å². The summed E-state index contributed by atoms with van der Waals surface area (Å²) >= 11 is 0. The molecule has 0 bridgehead atoms. The molecule has 538 valence electrons. The van der Waals surface area contributed by atoms with E-state index in [1.54, 1.807) is 6.33 Å². The predicted octanol–water partition coefficient (Wildman–Crippen LogP) is 24.6. The van der Waals surface area contributed by atoms with Crippen LogP contribution in [0.3, 0.4) is 0 Å². The fourth-order valence-corrected chi connectivity index (χ4v) is 15.8. The summed E-state index contributed by atoms with van der Waals surface area (Å²) in [6.07, 6.45) is 7.72. The molecule has 11 aromatic carbocycles. The molecule has 0 atom stereocenters. The van der Waals surface area contributed by atoms with E-state index < -0.39 is 17.8 Å². The Bertz CT molecular complexity index is 6230. The number of benzene rings is 11. The van der Waals surface area contributed by atoms with Gasteiger partial charge >= 0.3 is 0 Å². The number of nitrogens with zero attached hydrogens (tertiary/aromatic N) is 8. The Morgan fingerprint density at radius 2 is 0.710 bits per heavy atom. The molecule has 0 aliphatic rings. The molecule has 0 unspecified atom stereocenters. The molecule has 0 fully saturated rings. The van der Waals surface area contributed by atoms with Crippen LogP contribution in [0.2, 0.25) is 0 Å². The Morgan fingerprint density at radius 3 is 1.14 bits per heavy atom. The zero-order chi connectivity index (χ0) is 75.1. The molecule has 0 radical (unpaired) electrons. The van der Waals surface area contributed by atoms with Crippen molar-refractivity contribution in [2.75, 3.05) is 0 Å². The summed E-state index contributed by atoms with van der Waals surface area (Å²) in [5.74, 6) is 3.29. The number of para-hydroxylation sites is 7. The minimum atomic E-state index is -2.31. The monoisotopic (exact) mass is 1760 g/mol. The maximum absolute atomic E-state index is 8.14. The molecular formula is C97H88N8Pt2-2. The van der Waals surface area contributed by atoms with E-state index in [0.717, 1.165) is 111 Å². The molecule has 6 aromatic heterocycles.